The largest absolute Gasteiger partial charge is 0.292 e. The molecule has 0 spiro atoms. The molecule has 0 N–H and O–H groups in total. The van der Waals surface area contributed by atoms with Gasteiger partial charge >= 0.3 is 0 Å². The van der Waals surface area contributed by atoms with E-state index in [1.54, 1.807) is 6.20 Å². The predicted molar refractivity (Wildman–Crippen MR) is 86.7 cm³/mol. The van der Waals surface area contributed by atoms with E-state index in [2.05, 4.69) is 32.6 Å². The van der Waals surface area contributed by atoms with Gasteiger partial charge in [-0.2, -0.15) is 0 Å². The quantitative estimate of drug-likeness (QED) is 0.519. The van der Waals surface area contributed by atoms with Gasteiger partial charge in [-0.3, -0.25) is 9.78 Å². The van der Waals surface area contributed by atoms with Gasteiger partial charge in [0.15, 0.2) is 5.78 Å². The fraction of sp³-hybridized carbons (Fsp3) is 0.0625. The van der Waals surface area contributed by atoms with E-state index in [9.17, 15) is 4.79 Å². The molecule has 20 heavy (non-hydrogen) atoms. The number of hydrogen-bond acceptors (Lipinski definition) is 3. The lowest BCUT2D eigenvalue weighted by molar-refractivity contribution is 0.0988. The summed E-state index contributed by atoms with van der Waals surface area (Å²) < 4.78 is 1.16. The molecule has 3 nitrogen and oxygen atoms in total. The summed E-state index contributed by atoms with van der Waals surface area (Å²) >= 11 is 2.24. The maximum absolute atomic E-state index is 12.2. The number of nitrogens with zero attached hydrogens (tertiary/aromatic N) is 2. The second kappa shape index (κ2) is 5.66. The van der Waals surface area contributed by atoms with Crippen LogP contribution in [0.2, 0.25) is 0 Å². The molecule has 3 rings (SSSR count). The minimum atomic E-state index is -0.00976. The minimum absolute atomic E-state index is 0.00976. The van der Waals surface area contributed by atoms with Crippen molar-refractivity contribution < 1.29 is 4.79 Å². The van der Waals surface area contributed by atoms with E-state index < -0.39 is 0 Å². The first kappa shape index (κ1) is 13.2. The molecule has 4 heteroatoms. The van der Waals surface area contributed by atoms with Gasteiger partial charge in [0.05, 0.1) is 17.2 Å². The Bertz CT molecular complexity index is 769. The fourth-order valence-electron chi connectivity index (χ4n) is 1.97. The molecule has 1 aromatic heterocycles. The van der Waals surface area contributed by atoms with Crippen LogP contribution in [-0.4, -0.2) is 15.8 Å². The van der Waals surface area contributed by atoms with Gasteiger partial charge in [0.2, 0.25) is 0 Å². The van der Waals surface area contributed by atoms with Crippen LogP contribution in [0.5, 0.6) is 0 Å². The Morgan fingerprint density at radius 3 is 2.45 bits per heavy atom. The summed E-state index contributed by atoms with van der Waals surface area (Å²) in [5, 5.41) is 0. The third kappa shape index (κ3) is 2.85. The predicted octanol–water partition coefficient (Wildman–Crippen LogP) is 3.66. The third-order valence-electron chi connectivity index (χ3n) is 3.01. The number of aromatic nitrogens is 2. The molecule has 0 amide bonds. The summed E-state index contributed by atoms with van der Waals surface area (Å²) in [6.45, 7) is 0. The molecule has 0 atom stereocenters. The smallest absolute Gasteiger partial charge is 0.187 e. The molecule has 2 aromatic carbocycles. The molecule has 98 valence electrons. The van der Waals surface area contributed by atoms with Crippen LogP contribution in [0.15, 0.2) is 54.7 Å². The first-order valence-corrected chi connectivity index (χ1v) is 7.30. The van der Waals surface area contributed by atoms with Gasteiger partial charge in [-0.05, 0) is 52.4 Å². The van der Waals surface area contributed by atoms with E-state index in [0.717, 1.165) is 20.2 Å². The molecule has 0 aliphatic heterocycles. The zero-order chi connectivity index (χ0) is 13.9. The van der Waals surface area contributed by atoms with Crippen molar-refractivity contribution in [2.24, 2.45) is 0 Å². The first-order chi connectivity index (χ1) is 9.72. The second-order valence-corrected chi connectivity index (χ2v) is 5.72. The van der Waals surface area contributed by atoms with Crippen molar-refractivity contribution in [3.8, 4) is 0 Å². The average Bonchev–Trinajstić information content (AvgIpc) is 2.49. The number of hydrogen-bond donors (Lipinski definition) is 0. The summed E-state index contributed by atoms with van der Waals surface area (Å²) in [7, 11) is 0. The Kier molecular flexibility index (Phi) is 3.73. The van der Waals surface area contributed by atoms with Gasteiger partial charge in [0, 0.05) is 9.99 Å². The summed E-state index contributed by atoms with van der Waals surface area (Å²) in [5.74, 6) is -0.00976. The van der Waals surface area contributed by atoms with Crippen LogP contribution in [0.4, 0.5) is 0 Å². The van der Waals surface area contributed by atoms with E-state index in [1.807, 2.05) is 48.5 Å². The van der Waals surface area contributed by atoms with Crippen molar-refractivity contribution in [1.29, 1.82) is 0 Å². The molecule has 0 radical (unpaired) electrons. The molecule has 0 fully saturated rings. The van der Waals surface area contributed by atoms with Crippen molar-refractivity contribution >= 4 is 39.4 Å². The average molecular weight is 374 g/mol. The van der Waals surface area contributed by atoms with E-state index in [0.29, 0.717) is 12.1 Å². The van der Waals surface area contributed by atoms with Gasteiger partial charge in [-0.15, -0.1) is 0 Å². The monoisotopic (exact) mass is 374 g/mol. The first-order valence-electron chi connectivity index (χ1n) is 6.22. The highest BCUT2D eigenvalue weighted by Crippen LogP contribution is 2.12. The van der Waals surface area contributed by atoms with Crippen molar-refractivity contribution in [2.75, 3.05) is 0 Å². The number of fused-ring (bicyclic) bond motifs is 1. The number of para-hydroxylation sites is 2. The van der Waals surface area contributed by atoms with Crippen LogP contribution < -0.4 is 0 Å². The summed E-state index contributed by atoms with van der Waals surface area (Å²) in [4.78, 5) is 20.9. The van der Waals surface area contributed by atoms with Crippen molar-refractivity contribution in [3.05, 3.63) is 69.6 Å². The van der Waals surface area contributed by atoms with Gasteiger partial charge in [0.25, 0.3) is 0 Å². The molecule has 0 aliphatic carbocycles. The molecule has 0 aliphatic rings. The Morgan fingerprint density at radius 1 is 1.00 bits per heavy atom. The number of carbonyl (C=O) groups is 1. The SMILES string of the molecule is O=C(Cc1ccc(I)cc1)c1cnc2ccccc2n1. The van der Waals surface area contributed by atoms with Gasteiger partial charge in [0.1, 0.15) is 5.69 Å². The fourth-order valence-corrected chi connectivity index (χ4v) is 2.33. The summed E-state index contributed by atoms with van der Waals surface area (Å²) in [6.07, 6.45) is 1.90. The second-order valence-electron chi connectivity index (χ2n) is 4.47. The van der Waals surface area contributed by atoms with E-state index in [4.69, 9.17) is 0 Å². The minimum Gasteiger partial charge on any atom is -0.292 e. The molecule has 0 saturated heterocycles. The zero-order valence-electron chi connectivity index (χ0n) is 10.6. The molecule has 0 unspecified atom stereocenters. The van der Waals surface area contributed by atoms with E-state index in [1.165, 1.54) is 0 Å². The van der Waals surface area contributed by atoms with Crippen LogP contribution in [-0.2, 0) is 6.42 Å². The van der Waals surface area contributed by atoms with Crippen LogP contribution >= 0.6 is 22.6 Å². The Morgan fingerprint density at radius 2 is 1.70 bits per heavy atom. The highest BCUT2D eigenvalue weighted by atomic mass is 127. The van der Waals surface area contributed by atoms with Crippen LogP contribution in [0.25, 0.3) is 11.0 Å². The van der Waals surface area contributed by atoms with Crippen molar-refractivity contribution in [1.82, 2.24) is 9.97 Å². The molecule has 3 aromatic rings. The van der Waals surface area contributed by atoms with Gasteiger partial charge in [-0.25, -0.2) is 4.98 Å². The lowest BCUT2D eigenvalue weighted by Crippen LogP contribution is -2.07. The van der Waals surface area contributed by atoms with Crippen LogP contribution in [0.1, 0.15) is 16.1 Å². The lowest BCUT2D eigenvalue weighted by Gasteiger charge is -2.02. The molecule has 1 heterocycles. The number of carbonyl (C=O) groups excluding carboxylic acids is 1. The highest BCUT2D eigenvalue weighted by Gasteiger charge is 2.10. The maximum Gasteiger partial charge on any atom is 0.187 e. The number of benzene rings is 2. The molecule has 0 bridgehead atoms. The number of rotatable bonds is 3. The topological polar surface area (TPSA) is 42.9 Å². The standard InChI is InChI=1S/C16H11IN2O/c17-12-7-5-11(6-8-12)9-16(20)15-10-18-13-3-1-2-4-14(13)19-15/h1-8,10H,9H2. The van der Waals surface area contributed by atoms with Crippen molar-refractivity contribution in [2.45, 2.75) is 6.42 Å². The normalized spacial score (nSPS) is 10.7. The lowest BCUT2D eigenvalue weighted by atomic mass is 10.1. The number of ketones is 1. The summed E-state index contributed by atoms with van der Waals surface area (Å²) in [6, 6.07) is 15.5. The summed E-state index contributed by atoms with van der Waals surface area (Å²) in [5.41, 5.74) is 2.96. The maximum atomic E-state index is 12.2. The van der Waals surface area contributed by atoms with Gasteiger partial charge < -0.3 is 0 Å². The highest BCUT2D eigenvalue weighted by molar-refractivity contribution is 14.1. The third-order valence-corrected chi connectivity index (χ3v) is 3.73. The Labute approximate surface area is 130 Å². The van der Waals surface area contributed by atoms with Crippen molar-refractivity contribution in [3.63, 3.8) is 0 Å². The zero-order valence-corrected chi connectivity index (χ0v) is 12.7. The molecular formula is C16H11IN2O. The Balaban J connectivity index is 1.86. The molecule has 0 saturated carbocycles. The van der Waals surface area contributed by atoms with Gasteiger partial charge in [-0.1, -0.05) is 24.3 Å². The van der Waals surface area contributed by atoms with E-state index in [-0.39, 0.29) is 5.78 Å². The van der Waals surface area contributed by atoms with E-state index >= 15 is 0 Å². The number of Topliss-reactive ketones (excluding diaryl/α,β-unsaturated/α-hetero) is 1. The number of halogens is 1. The van der Waals surface area contributed by atoms with Crippen LogP contribution in [0.3, 0.4) is 0 Å². The molecular weight excluding hydrogens is 363 g/mol. The van der Waals surface area contributed by atoms with Crippen LogP contribution in [0, 0.1) is 3.57 Å². The Hall–Kier alpha value is -1.82.